The van der Waals surface area contributed by atoms with E-state index in [1.54, 1.807) is 7.11 Å². The van der Waals surface area contributed by atoms with Gasteiger partial charge in [-0.2, -0.15) is 0 Å². The Morgan fingerprint density at radius 1 is 1.31 bits per heavy atom. The molecule has 0 aliphatic heterocycles. The van der Waals surface area contributed by atoms with Crippen LogP contribution in [0, 0.1) is 0 Å². The minimum atomic E-state index is -0.169. The van der Waals surface area contributed by atoms with Crippen molar-refractivity contribution in [1.29, 1.82) is 0 Å². The molecule has 0 atom stereocenters. The molecular weight excluding hydrogens is 226 g/mol. The predicted molar refractivity (Wildman–Crippen MR) is 66.2 cm³/mol. The maximum atomic E-state index is 11.4. The first-order valence-electron chi connectivity index (χ1n) is 4.90. The molecule has 1 aromatic carbocycles. The van der Waals surface area contributed by atoms with Crippen molar-refractivity contribution in [2.24, 2.45) is 0 Å². The zero-order chi connectivity index (χ0) is 11.8. The van der Waals surface area contributed by atoms with Gasteiger partial charge in [-0.15, -0.1) is 0 Å². The number of hydrogen-bond donors (Lipinski definition) is 1. The van der Waals surface area contributed by atoms with Crippen LogP contribution in [-0.2, 0) is 26.9 Å². The van der Waals surface area contributed by atoms with Gasteiger partial charge in [0.25, 0.3) is 0 Å². The van der Waals surface area contributed by atoms with Gasteiger partial charge in [-0.25, -0.2) is 0 Å². The van der Waals surface area contributed by atoms with E-state index in [4.69, 9.17) is 9.47 Å². The van der Waals surface area contributed by atoms with Gasteiger partial charge in [-0.1, -0.05) is 0 Å². The van der Waals surface area contributed by atoms with Crippen LogP contribution in [0.4, 0.5) is 5.69 Å². The Morgan fingerprint density at radius 2 is 2.00 bits per heavy atom. The molecule has 0 saturated carbocycles. The van der Waals surface area contributed by atoms with Crippen molar-refractivity contribution < 1.29 is 14.3 Å². The molecule has 88 valence electrons. The molecule has 0 radical (unpaired) electrons. The van der Waals surface area contributed by atoms with Gasteiger partial charge in [0.2, 0.25) is 5.91 Å². The Bertz CT molecular complexity index is 327. The van der Waals surface area contributed by atoms with Gasteiger partial charge in [0.05, 0.1) is 13.2 Å². The third kappa shape index (κ3) is 5.16. The minimum absolute atomic E-state index is 0.0407. The molecular formula is C11H16NO3S+. The molecule has 0 spiro atoms. The fraction of sp³-hybridized carbons (Fsp3) is 0.364. The van der Waals surface area contributed by atoms with Gasteiger partial charge in [-0.05, 0) is 36.9 Å². The van der Waals surface area contributed by atoms with Gasteiger partial charge in [0, 0.05) is 12.8 Å². The van der Waals surface area contributed by atoms with Crippen molar-refractivity contribution >= 4 is 24.2 Å². The highest BCUT2D eigenvalue weighted by Gasteiger charge is 2.02. The zero-order valence-corrected chi connectivity index (χ0v) is 10.2. The predicted octanol–water partition coefficient (Wildman–Crippen LogP) is 0.658. The van der Waals surface area contributed by atoms with Crippen LogP contribution in [0.1, 0.15) is 0 Å². The molecule has 1 amide bonds. The second-order valence-corrected chi connectivity index (χ2v) is 3.75. The van der Waals surface area contributed by atoms with E-state index in [9.17, 15) is 4.79 Å². The molecule has 4 nitrogen and oxygen atoms in total. The normalized spacial score (nSPS) is 10.1. The highest BCUT2D eigenvalue weighted by atomic mass is 32.1. The number of methoxy groups -OCH3 is 1. The Morgan fingerprint density at radius 3 is 2.62 bits per heavy atom. The summed E-state index contributed by atoms with van der Waals surface area (Å²) in [5, 5.41) is 2.72. The topological polar surface area (TPSA) is 47.6 Å². The maximum Gasteiger partial charge on any atom is 0.250 e. The average molecular weight is 242 g/mol. The Kier molecular flexibility index (Phi) is 5.92. The van der Waals surface area contributed by atoms with E-state index >= 15 is 0 Å². The summed E-state index contributed by atoms with van der Waals surface area (Å²) >= 11 is 3.37. The lowest BCUT2D eigenvalue weighted by Gasteiger charge is -2.05. The fourth-order valence-corrected chi connectivity index (χ4v) is 1.22. The summed E-state index contributed by atoms with van der Waals surface area (Å²) in [5.74, 6) is -0.169. The van der Waals surface area contributed by atoms with Crippen LogP contribution in [0.25, 0.3) is 0 Å². The molecule has 1 N–H and O–H groups in total. The van der Waals surface area contributed by atoms with Gasteiger partial charge >= 0.3 is 0 Å². The molecule has 0 saturated heterocycles. The van der Waals surface area contributed by atoms with Crippen LogP contribution in [0.3, 0.4) is 0 Å². The Balaban J connectivity index is 2.26. The lowest BCUT2D eigenvalue weighted by atomic mass is 10.3. The largest absolute Gasteiger partial charge is 0.382 e. The number of rotatable bonds is 6. The molecule has 16 heavy (non-hydrogen) atoms. The van der Waals surface area contributed by atoms with Crippen molar-refractivity contribution in [3.05, 3.63) is 24.3 Å². The number of ether oxygens (including phenoxy) is 2. The smallest absolute Gasteiger partial charge is 0.250 e. The molecule has 0 unspecified atom stereocenters. The summed E-state index contributed by atoms with van der Waals surface area (Å²) in [4.78, 5) is 12.3. The molecule has 0 aliphatic carbocycles. The van der Waals surface area contributed by atoms with Crippen molar-refractivity contribution in [1.82, 2.24) is 0 Å². The monoisotopic (exact) mass is 242 g/mol. The number of benzene rings is 1. The van der Waals surface area contributed by atoms with Crippen LogP contribution >= 0.6 is 0 Å². The first kappa shape index (κ1) is 13.0. The SMILES string of the molecule is COCCOCC(=O)Nc1ccc([SH2+])cc1. The number of carbonyl (C=O) groups excluding carboxylic acids is 1. The summed E-state index contributed by atoms with van der Waals surface area (Å²) < 4.78 is 9.88. The van der Waals surface area contributed by atoms with Gasteiger partial charge in [0.1, 0.15) is 11.5 Å². The summed E-state index contributed by atoms with van der Waals surface area (Å²) in [5.41, 5.74) is 0.752. The van der Waals surface area contributed by atoms with E-state index < -0.39 is 0 Å². The number of hydrogen-bond acceptors (Lipinski definition) is 3. The van der Waals surface area contributed by atoms with E-state index in [2.05, 4.69) is 17.9 Å². The molecule has 1 rings (SSSR count). The van der Waals surface area contributed by atoms with E-state index in [0.717, 1.165) is 10.6 Å². The second kappa shape index (κ2) is 7.27. The van der Waals surface area contributed by atoms with Crippen LogP contribution in [0.5, 0.6) is 0 Å². The molecule has 0 aromatic heterocycles. The van der Waals surface area contributed by atoms with E-state index in [1.807, 2.05) is 24.3 Å². The molecule has 5 heteroatoms. The molecule has 0 heterocycles. The number of carbonyl (C=O) groups is 1. The van der Waals surface area contributed by atoms with E-state index in [-0.39, 0.29) is 12.5 Å². The lowest BCUT2D eigenvalue weighted by molar-refractivity contribution is -0.121. The van der Waals surface area contributed by atoms with Crippen LogP contribution < -0.4 is 5.32 Å². The highest BCUT2D eigenvalue weighted by molar-refractivity contribution is 7.58. The molecule has 1 aromatic rings. The van der Waals surface area contributed by atoms with Crippen LogP contribution in [-0.4, -0.2) is 32.8 Å². The first-order chi connectivity index (χ1) is 7.72. The van der Waals surface area contributed by atoms with Crippen molar-refractivity contribution in [3.63, 3.8) is 0 Å². The highest BCUT2D eigenvalue weighted by Crippen LogP contribution is 2.08. The zero-order valence-electron chi connectivity index (χ0n) is 9.16. The number of anilines is 1. The summed E-state index contributed by atoms with van der Waals surface area (Å²) in [7, 11) is 1.59. The van der Waals surface area contributed by atoms with Gasteiger partial charge < -0.3 is 14.8 Å². The van der Waals surface area contributed by atoms with Crippen LogP contribution in [0.2, 0.25) is 0 Å². The quantitative estimate of drug-likeness (QED) is 0.589. The number of amides is 1. The summed E-state index contributed by atoms with van der Waals surface area (Å²) in [6, 6.07) is 7.35. The maximum absolute atomic E-state index is 11.4. The third-order valence-corrected chi connectivity index (χ3v) is 2.17. The minimum Gasteiger partial charge on any atom is -0.382 e. The number of nitrogens with one attached hydrogen (secondary N) is 1. The van der Waals surface area contributed by atoms with E-state index in [1.165, 1.54) is 0 Å². The molecule has 0 bridgehead atoms. The molecule has 0 fully saturated rings. The average Bonchev–Trinajstić information content (AvgIpc) is 2.28. The van der Waals surface area contributed by atoms with Gasteiger partial charge in [0.15, 0.2) is 0 Å². The Hall–Kier alpha value is -1.04. The molecule has 0 aliphatic rings. The Labute approximate surface area is 100 Å². The van der Waals surface area contributed by atoms with Crippen molar-refractivity contribution in [2.45, 2.75) is 4.90 Å². The van der Waals surface area contributed by atoms with Crippen molar-refractivity contribution in [3.8, 4) is 0 Å². The second-order valence-electron chi connectivity index (χ2n) is 3.17. The summed E-state index contributed by atoms with van der Waals surface area (Å²) in [6.07, 6.45) is 0. The van der Waals surface area contributed by atoms with Gasteiger partial charge in [-0.3, -0.25) is 4.79 Å². The fourth-order valence-electron chi connectivity index (χ4n) is 1.06. The summed E-state index contributed by atoms with van der Waals surface area (Å²) in [6.45, 7) is 0.953. The van der Waals surface area contributed by atoms with E-state index in [0.29, 0.717) is 13.2 Å². The first-order valence-corrected chi connectivity index (χ1v) is 5.40. The third-order valence-electron chi connectivity index (χ3n) is 1.83. The van der Waals surface area contributed by atoms with Crippen LogP contribution in [0.15, 0.2) is 29.2 Å². The van der Waals surface area contributed by atoms with Crippen molar-refractivity contribution in [2.75, 3.05) is 32.2 Å². The lowest BCUT2D eigenvalue weighted by Crippen LogP contribution is -2.19. The standard InChI is InChI=1S/C11H15NO3S/c1-14-6-7-15-8-11(13)12-9-2-4-10(16)5-3-9/h2-5,16H,6-8H2,1H3,(H,12,13)/p+1.